The fourth-order valence-electron chi connectivity index (χ4n) is 3.64. The minimum absolute atomic E-state index is 0.324. The normalized spacial score (nSPS) is 18.3. The van der Waals surface area contributed by atoms with Crippen LogP contribution in [-0.4, -0.2) is 65.4 Å². The first-order valence-electron chi connectivity index (χ1n) is 9.78. The van der Waals surface area contributed by atoms with Crippen LogP contribution in [0.15, 0.2) is 53.5 Å². The summed E-state index contributed by atoms with van der Waals surface area (Å²) < 4.78 is 7.05. The summed E-state index contributed by atoms with van der Waals surface area (Å²) >= 11 is 6.38. The zero-order valence-corrected chi connectivity index (χ0v) is 18.3. The molecule has 1 saturated heterocycles. The molecule has 0 aromatic heterocycles. The number of methoxy groups -OCH3 is 1. The van der Waals surface area contributed by atoms with Gasteiger partial charge in [0.15, 0.2) is 0 Å². The first-order valence-corrected chi connectivity index (χ1v) is 10.2. The molecule has 2 aliphatic heterocycles. The largest absolute Gasteiger partial charge is 0.497 e. The summed E-state index contributed by atoms with van der Waals surface area (Å²) in [4.78, 5) is 32.6. The number of aliphatic imine (C=N–C) groups is 1. The number of halogens is 1. The molecule has 2 aromatic rings. The minimum atomic E-state index is -0.706. The first kappa shape index (κ1) is 20.9. The molecular weight excluding hydrogens is 418 g/mol. The highest BCUT2D eigenvalue weighted by Gasteiger charge is 2.51. The Morgan fingerprint density at radius 3 is 2.48 bits per heavy atom. The molecule has 0 radical (unpaired) electrons. The Morgan fingerprint density at radius 1 is 1.10 bits per heavy atom. The lowest BCUT2D eigenvalue weighted by Crippen LogP contribution is -2.61. The van der Waals surface area contributed by atoms with Crippen molar-refractivity contribution in [2.75, 3.05) is 21.2 Å². The summed E-state index contributed by atoms with van der Waals surface area (Å²) in [6, 6.07) is 14.0. The van der Waals surface area contributed by atoms with Crippen molar-refractivity contribution in [3.63, 3.8) is 0 Å². The van der Waals surface area contributed by atoms with Crippen LogP contribution in [0.2, 0.25) is 5.02 Å². The van der Waals surface area contributed by atoms with Crippen LogP contribution in [0.25, 0.3) is 0 Å². The number of rotatable bonds is 5. The van der Waals surface area contributed by atoms with Crippen molar-refractivity contribution in [2.24, 2.45) is 4.99 Å². The van der Waals surface area contributed by atoms with E-state index in [9.17, 15) is 9.59 Å². The van der Waals surface area contributed by atoms with E-state index in [0.29, 0.717) is 29.9 Å². The monoisotopic (exact) mass is 440 g/mol. The molecule has 4 rings (SSSR count). The summed E-state index contributed by atoms with van der Waals surface area (Å²) in [7, 11) is 4.73. The van der Waals surface area contributed by atoms with Crippen LogP contribution in [0, 0.1) is 0 Å². The number of likely N-dealkylation sites (N-methyl/N-ethyl adjacent to an activating group) is 2. The second kappa shape index (κ2) is 8.39. The average molecular weight is 441 g/mol. The zero-order chi connectivity index (χ0) is 22.1. The van der Waals surface area contributed by atoms with Crippen molar-refractivity contribution in [3.8, 4) is 5.75 Å². The topological polar surface area (TPSA) is 77.2 Å². The van der Waals surface area contributed by atoms with E-state index in [2.05, 4.69) is 10.3 Å². The Kier molecular flexibility index (Phi) is 5.65. The number of ether oxygens (including phenoxy) is 1. The van der Waals surface area contributed by atoms with Gasteiger partial charge in [-0.1, -0.05) is 46.9 Å². The Hall–Kier alpha value is -3.39. The quantitative estimate of drug-likeness (QED) is 0.724. The maximum atomic E-state index is 13.0. The Labute approximate surface area is 185 Å². The van der Waals surface area contributed by atoms with Crippen LogP contribution in [0.3, 0.4) is 0 Å². The number of carbonyl (C=O) groups is 2. The third-order valence-electron chi connectivity index (χ3n) is 5.44. The molecule has 8 nitrogen and oxygen atoms in total. The standard InChI is InChI=1S/C22H22ClN5O3/c1-26-19-18(20(29)27(2)22(26)30)28(13-15-6-4-5-7-17(15)23)21(25-19)24-12-14-8-10-16(31-3)11-9-14/h4-11,18H,12-13H2,1-3H3/p+1. The second-order valence-corrected chi connectivity index (χ2v) is 7.76. The van der Waals surface area contributed by atoms with Crippen LogP contribution in [0.5, 0.6) is 5.75 Å². The van der Waals surface area contributed by atoms with Gasteiger partial charge in [0.05, 0.1) is 20.2 Å². The van der Waals surface area contributed by atoms with E-state index in [1.807, 2.05) is 53.1 Å². The van der Waals surface area contributed by atoms with Crippen LogP contribution in [0.1, 0.15) is 11.1 Å². The predicted octanol–water partition coefficient (Wildman–Crippen LogP) is 2.31. The van der Waals surface area contributed by atoms with Crippen LogP contribution < -0.4 is 10.1 Å². The number of nitrogens with zero attached hydrogens (tertiary/aromatic N) is 4. The molecule has 0 spiro atoms. The van der Waals surface area contributed by atoms with Crippen molar-refractivity contribution in [2.45, 2.75) is 19.1 Å². The molecule has 2 aromatic carbocycles. The van der Waals surface area contributed by atoms with Gasteiger partial charge in [0.25, 0.3) is 5.91 Å². The Morgan fingerprint density at radius 2 is 1.81 bits per heavy atom. The molecule has 0 bridgehead atoms. The number of hydrogen-bond donors (Lipinski definition) is 1. The maximum absolute atomic E-state index is 13.0. The van der Waals surface area contributed by atoms with Crippen LogP contribution >= 0.6 is 11.6 Å². The smallest absolute Gasteiger partial charge is 0.390 e. The summed E-state index contributed by atoms with van der Waals surface area (Å²) in [5.41, 5.74) is 1.88. The molecule has 1 unspecified atom stereocenters. The molecule has 9 heteroatoms. The zero-order valence-electron chi connectivity index (χ0n) is 17.5. The molecule has 1 fully saturated rings. The Balaban J connectivity index is 1.68. The number of hydrogen-bond acceptors (Lipinski definition) is 5. The lowest BCUT2D eigenvalue weighted by Gasteiger charge is -2.31. The van der Waals surface area contributed by atoms with E-state index < -0.39 is 12.1 Å². The van der Waals surface area contributed by atoms with Gasteiger partial charge in [0.2, 0.25) is 11.9 Å². The van der Waals surface area contributed by atoms with Gasteiger partial charge in [-0.2, -0.15) is 0 Å². The van der Waals surface area contributed by atoms with Gasteiger partial charge in [0, 0.05) is 24.7 Å². The van der Waals surface area contributed by atoms with Crippen molar-refractivity contribution in [1.82, 2.24) is 15.1 Å². The fourth-order valence-corrected chi connectivity index (χ4v) is 3.84. The van der Waals surface area contributed by atoms with Gasteiger partial charge >= 0.3 is 12.0 Å². The lowest BCUT2D eigenvalue weighted by atomic mass is 10.1. The number of imide groups is 1. The van der Waals surface area contributed by atoms with Gasteiger partial charge in [-0.3, -0.25) is 19.9 Å². The number of benzene rings is 2. The van der Waals surface area contributed by atoms with Crippen molar-refractivity contribution in [3.05, 3.63) is 64.7 Å². The second-order valence-electron chi connectivity index (χ2n) is 7.36. The molecule has 2 aliphatic rings. The summed E-state index contributed by atoms with van der Waals surface area (Å²) in [5.74, 6) is 1.37. The van der Waals surface area contributed by atoms with Crippen molar-refractivity contribution in [1.29, 1.82) is 0 Å². The molecule has 160 valence electrons. The van der Waals surface area contributed by atoms with Gasteiger partial charge < -0.3 is 4.74 Å². The van der Waals surface area contributed by atoms with E-state index in [1.54, 1.807) is 14.2 Å². The van der Waals surface area contributed by atoms with Crippen LogP contribution in [-0.2, 0) is 17.9 Å². The summed E-state index contributed by atoms with van der Waals surface area (Å²) in [6.07, 6.45) is 0. The van der Waals surface area contributed by atoms with Crippen LogP contribution in [0.4, 0.5) is 4.79 Å². The van der Waals surface area contributed by atoms with E-state index in [0.717, 1.165) is 21.8 Å². The van der Waals surface area contributed by atoms with Gasteiger partial charge in [-0.25, -0.2) is 9.37 Å². The highest BCUT2D eigenvalue weighted by molar-refractivity contribution is 6.31. The highest BCUT2D eigenvalue weighted by atomic mass is 35.5. The first-order chi connectivity index (χ1) is 14.9. The van der Waals surface area contributed by atoms with Gasteiger partial charge in [0.1, 0.15) is 5.75 Å². The summed E-state index contributed by atoms with van der Waals surface area (Å²) in [6.45, 7) is 0.855. The fraction of sp³-hybridized carbons (Fsp3) is 0.273. The molecule has 0 saturated carbocycles. The molecule has 1 N–H and O–H groups in total. The van der Waals surface area contributed by atoms with Crippen molar-refractivity contribution >= 4 is 35.3 Å². The maximum Gasteiger partial charge on any atom is 0.390 e. The number of carbonyl (C=O) groups excluding carboxylic acids is 2. The van der Waals surface area contributed by atoms with E-state index >= 15 is 0 Å². The minimum Gasteiger partial charge on any atom is -0.497 e. The average Bonchev–Trinajstić information content (AvgIpc) is 3.15. The number of urea groups is 1. The highest BCUT2D eigenvalue weighted by Crippen LogP contribution is 2.23. The number of fused-ring (bicyclic) bond motifs is 1. The Bertz CT molecular complexity index is 1100. The molecule has 0 aliphatic carbocycles. The summed E-state index contributed by atoms with van der Waals surface area (Å²) in [5, 5.41) is 3.92. The van der Waals surface area contributed by atoms with E-state index in [4.69, 9.17) is 16.3 Å². The van der Waals surface area contributed by atoms with E-state index in [1.165, 1.54) is 11.9 Å². The molecule has 2 heterocycles. The number of amidine groups is 1. The number of amides is 3. The number of nitrogens with one attached hydrogen (secondary N) is 1. The number of guanidine groups is 1. The third kappa shape index (κ3) is 3.86. The predicted molar refractivity (Wildman–Crippen MR) is 117 cm³/mol. The van der Waals surface area contributed by atoms with Gasteiger partial charge in [-0.15, -0.1) is 0 Å². The molecule has 3 amide bonds. The SMILES string of the molecule is COc1ccc(CNC2=[N+](Cc3ccccc3Cl)C3C(=O)N(C)C(=O)N(C)C3=N2)cc1. The molecular formula is C22H23ClN5O3+. The van der Waals surface area contributed by atoms with Gasteiger partial charge in [-0.05, 0) is 23.8 Å². The van der Waals surface area contributed by atoms with E-state index in [-0.39, 0.29) is 5.91 Å². The molecule has 1 atom stereocenters. The third-order valence-corrected chi connectivity index (χ3v) is 5.81. The van der Waals surface area contributed by atoms with Crippen molar-refractivity contribution < 1.29 is 18.9 Å². The lowest BCUT2D eigenvalue weighted by molar-refractivity contribution is -0.553. The molecule has 31 heavy (non-hydrogen) atoms.